The molecule has 132 valence electrons. The lowest BCUT2D eigenvalue weighted by atomic mass is 9.99. The number of amides is 1. The fourth-order valence-electron chi connectivity index (χ4n) is 2.84. The molecule has 0 aliphatic carbocycles. The Morgan fingerprint density at radius 1 is 1.33 bits per heavy atom. The Balaban J connectivity index is 1.70. The van der Waals surface area contributed by atoms with Gasteiger partial charge >= 0.3 is 0 Å². The number of carbonyl (C=O) groups excluding carboxylic acids is 1. The van der Waals surface area contributed by atoms with Crippen molar-refractivity contribution in [2.45, 2.75) is 52.1 Å². The van der Waals surface area contributed by atoms with E-state index >= 15 is 0 Å². The minimum Gasteiger partial charge on any atom is -0.356 e. The Hall–Kier alpha value is -2.04. The van der Waals surface area contributed by atoms with E-state index in [1.54, 1.807) is 7.05 Å². The molecule has 5 heteroatoms. The van der Waals surface area contributed by atoms with E-state index in [1.807, 2.05) is 11.0 Å². The lowest BCUT2D eigenvalue weighted by Gasteiger charge is -2.29. The molecule has 0 radical (unpaired) electrons. The first-order chi connectivity index (χ1) is 11.6. The zero-order valence-corrected chi connectivity index (χ0v) is 15.1. The second kappa shape index (κ2) is 9.30. The molecule has 24 heavy (non-hydrogen) atoms. The number of rotatable bonds is 6. The summed E-state index contributed by atoms with van der Waals surface area (Å²) in [6, 6.07) is 8.80. The van der Waals surface area contributed by atoms with Gasteiger partial charge in [-0.2, -0.15) is 0 Å². The number of fused-ring (bicyclic) bond motifs is 1. The maximum Gasteiger partial charge on any atom is 0.222 e. The minimum atomic E-state index is 0.246. The summed E-state index contributed by atoms with van der Waals surface area (Å²) >= 11 is 0. The van der Waals surface area contributed by atoms with E-state index in [2.05, 4.69) is 47.7 Å². The fourth-order valence-corrected chi connectivity index (χ4v) is 2.84. The topological polar surface area (TPSA) is 56.7 Å². The molecule has 0 saturated heterocycles. The summed E-state index contributed by atoms with van der Waals surface area (Å²) in [6.45, 7) is 6.61. The van der Waals surface area contributed by atoms with Gasteiger partial charge in [0.05, 0.1) is 0 Å². The molecule has 1 atom stereocenters. The number of carbonyl (C=O) groups is 1. The quantitative estimate of drug-likeness (QED) is 0.478. The third-order valence-electron chi connectivity index (χ3n) is 4.56. The van der Waals surface area contributed by atoms with Gasteiger partial charge in [0.2, 0.25) is 5.91 Å². The number of hydrogen-bond acceptors (Lipinski definition) is 2. The van der Waals surface area contributed by atoms with Gasteiger partial charge in [-0.15, -0.1) is 0 Å². The van der Waals surface area contributed by atoms with Crippen molar-refractivity contribution in [1.82, 2.24) is 15.5 Å². The van der Waals surface area contributed by atoms with Crippen molar-refractivity contribution in [3.63, 3.8) is 0 Å². The summed E-state index contributed by atoms with van der Waals surface area (Å²) in [7, 11) is 1.77. The van der Waals surface area contributed by atoms with Gasteiger partial charge in [-0.3, -0.25) is 9.79 Å². The summed E-state index contributed by atoms with van der Waals surface area (Å²) in [5.41, 5.74) is 2.66. The van der Waals surface area contributed by atoms with Crippen LogP contribution in [0.3, 0.4) is 0 Å². The van der Waals surface area contributed by atoms with Gasteiger partial charge in [-0.05, 0) is 37.3 Å². The van der Waals surface area contributed by atoms with Crippen LogP contribution in [0.2, 0.25) is 0 Å². The zero-order chi connectivity index (χ0) is 17.4. The Morgan fingerprint density at radius 2 is 2.08 bits per heavy atom. The average molecular weight is 330 g/mol. The van der Waals surface area contributed by atoms with Gasteiger partial charge < -0.3 is 15.5 Å². The standard InChI is InChI=1S/C19H30N4O/c1-4-15(2)22-19(20-3)21-12-7-10-18(24)23-13-11-16-8-5-6-9-17(16)14-23/h5-6,8-9,15H,4,7,10-14H2,1-3H3,(H2,20,21,22). The maximum atomic E-state index is 12.4. The highest BCUT2D eigenvalue weighted by Gasteiger charge is 2.19. The first kappa shape index (κ1) is 18.3. The van der Waals surface area contributed by atoms with Crippen molar-refractivity contribution in [1.29, 1.82) is 0 Å². The molecule has 1 aliphatic heterocycles. The van der Waals surface area contributed by atoms with Crippen LogP contribution in [0.15, 0.2) is 29.3 Å². The van der Waals surface area contributed by atoms with E-state index in [0.717, 1.165) is 44.9 Å². The molecular weight excluding hydrogens is 300 g/mol. The molecule has 1 aromatic carbocycles. The van der Waals surface area contributed by atoms with Crippen LogP contribution in [0.4, 0.5) is 0 Å². The molecule has 2 rings (SSSR count). The zero-order valence-electron chi connectivity index (χ0n) is 15.1. The minimum absolute atomic E-state index is 0.246. The van der Waals surface area contributed by atoms with Gasteiger partial charge in [0.1, 0.15) is 0 Å². The van der Waals surface area contributed by atoms with Crippen LogP contribution in [-0.4, -0.2) is 42.9 Å². The monoisotopic (exact) mass is 330 g/mol. The van der Waals surface area contributed by atoms with E-state index in [1.165, 1.54) is 11.1 Å². The smallest absolute Gasteiger partial charge is 0.222 e. The van der Waals surface area contributed by atoms with E-state index in [9.17, 15) is 4.79 Å². The van der Waals surface area contributed by atoms with Gasteiger partial charge in [-0.1, -0.05) is 31.2 Å². The van der Waals surface area contributed by atoms with Crippen molar-refractivity contribution in [3.8, 4) is 0 Å². The van der Waals surface area contributed by atoms with Gasteiger partial charge in [0, 0.05) is 39.1 Å². The summed E-state index contributed by atoms with van der Waals surface area (Å²) in [5, 5.41) is 6.60. The van der Waals surface area contributed by atoms with Gasteiger partial charge in [-0.25, -0.2) is 0 Å². The highest BCUT2D eigenvalue weighted by Crippen LogP contribution is 2.19. The second-order valence-corrected chi connectivity index (χ2v) is 6.39. The van der Waals surface area contributed by atoms with Crippen molar-refractivity contribution in [3.05, 3.63) is 35.4 Å². The Kier molecular flexibility index (Phi) is 7.09. The van der Waals surface area contributed by atoms with Crippen LogP contribution >= 0.6 is 0 Å². The lowest BCUT2D eigenvalue weighted by molar-refractivity contribution is -0.132. The van der Waals surface area contributed by atoms with Crippen LogP contribution in [0.5, 0.6) is 0 Å². The molecular formula is C19H30N4O. The molecule has 0 bridgehead atoms. The fraction of sp³-hybridized carbons (Fsp3) is 0.579. The molecule has 2 N–H and O–H groups in total. The van der Waals surface area contributed by atoms with Crippen molar-refractivity contribution >= 4 is 11.9 Å². The Labute approximate surface area is 145 Å². The third-order valence-corrected chi connectivity index (χ3v) is 4.56. The number of nitrogens with one attached hydrogen (secondary N) is 2. The molecule has 0 saturated carbocycles. The molecule has 1 heterocycles. The van der Waals surface area contributed by atoms with E-state index in [-0.39, 0.29) is 5.91 Å². The number of benzene rings is 1. The number of aliphatic imine (C=N–C) groups is 1. The van der Waals surface area contributed by atoms with E-state index < -0.39 is 0 Å². The van der Waals surface area contributed by atoms with E-state index in [0.29, 0.717) is 12.5 Å². The summed E-state index contributed by atoms with van der Waals surface area (Å²) in [4.78, 5) is 18.6. The lowest BCUT2D eigenvalue weighted by Crippen LogP contribution is -2.42. The van der Waals surface area contributed by atoms with Crippen molar-refractivity contribution in [2.75, 3.05) is 20.1 Å². The van der Waals surface area contributed by atoms with Crippen LogP contribution in [0.25, 0.3) is 0 Å². The SMILES string of the molecule is CCC(C)NC(=NC)NCCCC(=O)N1CCc2ccccc2C1. The van der Waals surface area contributed by atoms with Crippen LogP contribution in [0.1, 0.15) is 44.2 Å². The second-order valence-electron chi connectivity index (χ2n) is 6.39. The molecule has 1 aromatic rings. The van der Waals surface area contributed by atoms with E-state index in [4.69, 9.17) is 0 Å². The van der Waals surface area contributed by atoms with Crippen molar-refractivity contribution in [2.24, 2.45) is 4.99 Å². The Morgan fingerprint density at radius 3 is 2.79 bits per heavy atom. The van der Waals surface area contributed by atoms with Crippen LogP contribution < -0.4 is 10.6 Å². The molecule has 1 aliphatic rings. The normalized spacial score (nSPS) is 15.6. The van der Waals surface area contributed by atoms with Crippen LogP contribution in [-0.2, 0) is 17.8 Å². The largest absolute Gasteiger partial charge is 0.356 e. The maximum absolute atomic E-state index is 12.4. The predicted molar refractivity (Wildman–Crippen MR) is 99.0 cm³/mol. The van der Waals surface area contributed by atoms with Gasteiger partial charge in [0.15, 0.2) is 5.96 Å². The summed E-state index contributed by atoms with van der Waals surface area (Å²) < 4.78 is 0. The highest BCUT2D eigenvalue weighted by atomic mass is 16.2. The molecule has 1 unspecified atom stereocenters. The predicted octanol–water partition coefficient (Wildman–Crippen LogP) is 2.31. The third kappa shape index (κ3) is 5.25. The number of guanidine groups is 1. The molecule has 0 aromatic heterocycles. The highest BCUT2D eigenvalue weighted by molar-refractivity contribution is 5.80. The molecule has 0 spiro atoms. The number of hydrogen-bond donors (Lipinski definition) is 2. The van der Waals surface area contributed by atoms with Gasteiger partial charge in [0.25, 0.3) is 0 Å². The Bertz CT molecular complexity index is 570. The molecule has 0 fully saturated rings. The van der Waals surface area contributed by atoms with Crippen molar-refractivity contribution < 1.29 is 4.79 Å². The number of nitrogens with zero attached hydrogens (tertiary/aromatic N) is 2. The summed E-state index contributed by atoms with van der Waals surface area (Å²) in [6.07, 6.45) is 3.41. The van der Waals surface area contributed by atoms with Crippen LogP contribution in [0, 0.1) is 0 Å². The summed E-state index contributed by atoms with van der Waals surface area (Å²) in [5.74, 6) is 1.06. The molecule has 1 amide bonds. The average Bonchev–Trinajstić information content (AvgIpc) is 2.63. The first-order valence-electron chi connectivity index (χ1n) is 8.95. The molecule has 5 nitrogen and oxygen atoms in total. The first-order valence-corrected chi connectivity index (χ1v) is 8.95.